The number of aryl methyl sites for hydroxylation is 1. The first-order valence-corrected chi connectivity index (χ1v) is 4.85. The molecule has 0 aliphatic heterocycles. The minimum absolute atomic E-state index is 0.191. The van der Waals surface area contributed by atoms with Gasteiger partial charge in [-0.2, -0.15) is 13.2 Å². The summed E-state index contributed by atoms with van der Waals surface area (Å²) in [7, 11) is 1.35. The van der Waals surface area contributed by atoms with Crippen LogP contribution in [0, 0.1) is 6.92 Å². The maximum absolute atomic E-state index is 12.6. The van der Waals surface area contributed by atoms with Crippen LogP contribution in [0.4, 0.5) is 13.2 Å². The highest BCUT2D eigenvalue weighted by molar-refractivity contribution is 5.43. The number of hydrogen-bond donors (Lipinski definition) is 1. The molecule has 2 nitrogen and oxygen atoms in total. The molecule has 0 amide bonds. The molecule has 1 aromatic carbocycles. The second kappa shape index (κ2) is 4.74. The third-order valence-electron chi connectivity index (χ3n) is 2.35. The van der Waals surface area contributed by atoms with Gasteiger partial charge < -0.3 is 10.5 Å². The second-order valence-corrected chi connectivity index (χ2v) is 3.52. The molecule has 0 atom stereocenters. The van der Waals surface area contributed by atoms with Gasteiger partial charge in [0, 0.05) is 0 Å². The third-order valence-corrected chi connectivity index (χ3v) is 2.35. The summed E-state index contributed by atoms with van der Waals surface area (Å²) in [5.41, 5.74) is 5.61. The predicted molar refractivity (Wildman–Crippen MR) is 55.5 cm³/mol. The highest BCUT2D eigenvalue weighted by Crippen LogP contribution is 2.35. The summed E-state index contributed by atoms with van der Waals surface area (Å²) in [5, 5.41) is 0. The molecule has 0 radical (unpaired) electrons. The molecule has 0 saturated carbocycles. The molecule has 2 N–H and O–H groups in total. The summed E-state index contributed by atoms with van der Waals surface area (Å²) in [6.45, 7) is 1.81. The molecular formula is C11H14F3NO. The molecule has 0 aliphatic rings. The van der Waals surface area contributed by atoms with Crippen molar-refractivity contribution in [3.63, 3.8) is 0 Å². The predicted octanol–water partition coefficient (Wildman–Crippen LogP) is 2.52. The van der Waals surface area contributed by atoms with E-state index in [2.05, 4.69) is 0 Å². The molecule has 0 fully saturated rings. The largest absolute Gasteiger partial charge is 0.496 e. The number of halogens is 3. The summed E-state index contributed by atoms with van der Waals surface area (Å²) >= 11 is 0. The lowest BCUT2D eigenvalue weighted by Crippen LogP contribution is -2.10. The standard InChI is InChI=1S/C11H14F3NO/c1-7-5-8(3-4-15)10(16-2)6-9(7)11(12,13)14/h5-6H,3-4,15H2,1-2H3. The van der Waals surface area contributed by atoms with Gasteiger partial charge in [0.15, 0.2) is 0 Å². The van der Waals surface area contributed by atoms with E-state index in [1.807, 2.05) is 0 Å². The van der Waals surface area contributed by atoms with Crippen LogP contribution in [-0.2, 0) is 12.6 Å². The maximum atomic E-state index is 12.6. The van der Waals surface area contributed by atoms with Gasteiger partial charge in [0.1, 0.15) is 5.75 Å². The normalized spacial score (nSPS) is 11.6. The molecule has 0 unspecified atom stereocenters. The zero-order valence-corrected chi connectivity index (χ0v) is 9.19. The zero-order chi connectivity index (χ0) is 12.3. The Morgan fingerprint density at radius 1 is 1.31 bits per heavy atom. The summed E-state index contributed by atoms with van der Waals surface area (Å²) < 4.78 is 42.7. The number of benzene rings is 1. The highest BCUT2D eigenvalue weighted by Gasteiger charge is 2.33. The molecule has 0 aromatic heterocycles. The van der Waals surface area contributed by atoms with Gasteiger partial charge in [0.25, 0.3) is 0 Å². The lowest BCUT2D eigenvalue weighted by atomic mass is 10.0. The van der Waals surface area contributed by atoms with Crippen molar-refractivity contribution >= 4 is 0 Å². The van der Waals surface area contributed by atoms with E-state index in [1.54, 1.807) is 0 Å². The lowest BCUT2D eigenvalue weighted by molar-refractivity contribution is -0.138. The Bertz CT molecular complexity index is 374. The van der Waals surface area contributed by atoms with E-state index in [0.29, 0.717) is 18.5 Å². The first kappa shape index (κ1) is 12.8. The third kappa shape index (κ3) is 2.66. The van der Waals surface area contributed by atoms with Crippen molar-refractivity contribution in [1.29, 1.82) is 0 Å². The van der Waals surface area contributed by atoms with Crippen molar-refractivity contribution in [2.24, 2.45) is 5.73 Å². The van der Waals surface area contributed by atoms with E-state index < -0.39 is 11.7 Å². The second-order valence-electron chi connectivity index (χ2n) is 3.52. The number of methoxy groups -OCH3 is 1. The molecule has 1 rings (SSSR count). The van der Waals surface area contributed by atoms with Gasteiger partial charge in [-0.25, -0.2) is 0 Å². The Labute approximate surface area is 92.2 Å². The van der Waals surface area contributed by atoms with Crippen LogP contribution < -0.4 is 10.5 Å². The summed E-state index contributed by atoms with van der Waals surface area (Å²) in [5.74, 6) is 0.239. The Balaban J connectivity index is 3.26. The average Bonchev–Trinajstić information content (AvgIpc) is 2.16. The Hall–Kier alpha value is -1.23. The van der Waals surface area contributed by atoms with Crippen LogP contribution in [-0.4, -0.2) is 13.7 Å². The van der Waals surface area contributed by atoms with E-state index >= 15 is 0 Å². The number of rotatable bonds is 3. The summed E-state index contributed by atoms with van der Waals surface area (Å²) in [6.07, 6.45) is -3.85. The fraction of sp³-hybridized carbons (Fsp3) is 0.455. The molecule has 90 valence electrons. The van der Waals surface area contributed by atoms with Crippen molar-refractivity contribution in [3.05, 3.63) is 28.8 Å². The van der Waals surface area contributed by atoms with Crippen molar-refractivity contribution in [1.82, 2.24) is 0 Å². The fourth-order valence-electron chi connectivity index (χ4n) is 1.59. The van der Waals surface area contributed by atoms with E-state index in [9.17, 15) is 13.2 Å². The Kier molecular flexibility index (Phi) is 3.80. The highest BCUT2D eigenvalue weighted by atomic mass is 19.4. The minimum Gasteiger partial charge on any atom is -0.496 e. The van der Waals surface area contributed by atoms with Crippen LogP contribution >= 0.6 is 0 Å². The number of hydrogen-bond acceptors (Lipinski definition) is 2. The SMILES string of the molecule is COc1cc(C(F)(F)F)c(C)cc1CCN. The molecular weight excluding hydrogens is 219 g/mol. The van der Waals surface area contributed by atoms with Crippen LogP contribution in [0.15, 0.2) is 12.1 Å². The lowest BCUT2D eigenvalue weighted by Gasteiger charge is -2.15. The van der Waals surface area contributed by atoms with Gasteiger partial charge >= 0.3 is 6.18 Å². The quantitative estimate of drug-likeness (QED) is 0.870. The molecule has 0 saturated heterocycles. The van der Waals surface area contributed by atoms with Gasteiger partial charge in [0.05, 0.1) is 12.7 Å². The molecule has 0 heterocycles. The molecule has 1 aromatic rings. The topological polar surface area (TPSA) is 35.2 Å². The van der Waals surface area contributed by atoms with Crippen LogP contribution in [0.25, 0.3) is 0 Å². The summed E-state index contributed by atoms with van der Waals surface area (Å²) in [4.78, 5) is 0. The van der Waals surface area contributed by atoms with E-state index in [4.69, 9.17) is 10.5 Å². The molecule has 0 bridgehead atoms. The molecule has 16 heavy (non-hydrogen) atoms. The first-order chi connectivity index (χ1) is 7.40. The molecule has 0 aliphatic carbocycles. The summed E-state index contributed by atoms with van der Waals surface area (Å²) in [6, 6.07) is 2.51. The zero-order valence-electron chi connectivity index (χ0n) is 9.19. The van der Waals surface area contributed by atoms with E-state index in [1.165, 1.54) is 20.1 Å². The monoisotopic (exact) mass is 233 g/mol. The Morgan fingerprint density at radius 3 is 2.38 bits per heavy atom. The van der Waals surface area contributed by atoms with Crippen LogP contribution in [0.2, 0.25) is 0 Å². The molecule has 0 spiro atoms. The average molecular weight is 233 g/mol. The van der Waals surface area contributed by atoms with Gasteiger partial charge in [-0.1, -0.05) is 6.07 Å². The molecule has 5 heteroatoms. The van der Waals surface area contributed by atoms with Crippen LogP contribution in [0.1, 0.15) is 16.7 Å². The van der Waals surface area contributed by atoms with Crippen molar-refractivity contribution in [2.45, 2.75) is 19.5 Å². The Morgan fingerprint density at radius 2 is 1.94 bits per heavy atom. The smallest absolute Gasteiger partial charge is 0.416 e. The van der Waals surface area contributed by atoms with Gasteiger partial charge in [0.2, 0.25) is 0 Å². The van der Waals surface area contributed by atoms with Gasteiger partial charge in [-0.05, 0) is 37.1 Å². The first-order valence-electron chi connectivity index (χ1n) is 4.85. The van der Waals surface area contributed by atoms with Crippen molar-refractivity contribution < 1.29 is 17.9 Å². The maximum Gasteiger partial charge on any atom is 0.416 e. The van der Waals surface area contributed by atoms with Crippen LogP contribution in [0.3, 0.4) is 0 Å². The number of alkyl halides is 3. The van der Waals surface area contributed by atoms with E-state index in [0.717, 1.165) is 6.07 Å². The fourth-order valence-corrected chi connectivity index (χ4v) is 1.59. The van der Waals surface area contributed by atoms with Crippen molar-refractivity contribution in [3.8, 4) is 5.75 Å². The van der Waals surface area contributed by atoms with E-state index in [-0.39, 0.29) is 11.3 Å². The van der Waals surface area contributed by atoms with Gasteiger partial charge in [-0.3, -0.25) is 0 Å². The number of nitrogens with two attached hydrogens (primary N) is 1. The number of ether oxygens (including phenoxy) is 1. The van der Waals surface area contributed by atoms with Crippen molar-refractivity contribution in [2.75, 3.05) is 13.7 Å². The van der Waals surface area contributed by atoms with Gasteiger partial charge in [-0.15, -0.1) is 0 Å². The minimum atomic E-state index is -4.35. The van der Waals surface area contributed by atoms with Crippen LogP contribution in [0.5, 0.6) is 5.75 Å².